The van der Waals surface area contributed by atoms with E-state index >= 15 is 0 Å². The molecule has 0 spiro atoms. The van der Waals surface area contributed by atoms with Crippen molar-refractivity contribution in [1.29, 1.82) is 0 Å². The summed E-state index contributed by atoms with van der Waals surface area (Å²) in [5, 5.41) is 24.4. The second kappa shape index (κ2) is 11.0. The monoisotopic (exact) mass is 471 g/mol. The highest BCUT2D eigenvalue weighted by Crippen LogP contribution is 2.30. The van der Waals surface area contributed by atoms with Crippen molar-refractivity contribution < 1.29 is 19.2 Å². The number of hydrogen-bond acceptors (Lipinski definition) is 9. The van der Waals surface area contributed by atoms with Gasteiger partial charge in [-0.15, -0.1) is 10.2 Å². The van der Waals surface area contributed by atoms with E-state index in [2.05, 4.69) is 20.8 Å². The Balaban J connectivity index is 1.52. The van der Waals surface area contributed by atoms with Crippen LogP contribution in [0.3, 0.4) is 0 Å². The summed E-state index contributed by atoms with van der Waals surface area (Å²) in [7, 11) is 1.40. The zero-order valence-electron chi connectivity index (χ0n) is 16.7. The molecule has 0 bridgehead atoms. The van der Waals surface area contributed by atoms with E-state index < -0.39 is 10.8 Å². The first-order chi connectivity index (χ1) is 15.4. The topological polar surface area (TPSA) is 136 Å². The van der Waals surface area contributed by atoms with Gasteiger partial charge < -0.3 is 10.1 Å². The van der Waals surface area contributed by atoms with Gasteiger partial charge in [-0.05, 0) is 23.8 Å². The SMILES string of the molecule is COc1ccc(NC(=O)CSc2nnc(NC(=O)C=Cc3ccccc3)s2)c([N+](=O)[O-])c1. The van der Waals surface area contributed by atoms with Crippen LogP contribution in [0.4, 0.5) is 16.5 Å². The predicted molar refractivity (Wildman–Crippen MR) is 123 cm³/mol. The lowest BCUT2D eigenvalue weighted by Crippen LogP contribution is -2.15. The second-order valence-electron chi connectivity index (χ2n) is 6.08. The van der Waals surface area contributed by atoms with E-state index in [1.54, 1.807) is 6.08 Å². The molecule has 0 radical (unpaired) electrons. The Morgan fingerprint density at radius 2 is 1.97 bits per heavy atom. The fourth-order valence-corrected chi connectivity index (χ4v) is 3.97. The number of anilines is 2. The molecule has 3 rings (SSSR count). The lowest BCUT2D eigenvalue weighted by molar-refractivity contribution is -0.384. The molecule has 2 N–H and O–H groups in total. The Labute approximate surface area is 190 Å². The van der Waals surface area contributed by atoms with Crippen LogP contribution in [-0.2, 0) is 9.59 Å². The third-order valence-electron chi connectivity index (χ3n) is 3.87. The van der Waals surface area contributed by atoms with Crippen molar-refractivity contribution in [3.8, 4) is 5.75 Å². The number of aromatic nitrogens is 2. The highest BCUT2D eigenvalue weighted by Gasteiger charge is 2.18. The number of hydrogen-bond donors (Lipinski definition) is 2. The van der Waals surface area contributed by atoms with Gasteiger partial charge in [0.2, 0.25) is 16.9 Å². The van der Waals surface area contributed by atoms with Crippen molar-refractivity contribution in [2.24, 2.45) is 0 Å². The van der Waals surface area contributed by atoms with Crippen LogP contribution in [0.1, 0.15) is 5.56 Å². The van der Waals surface area contributed by atoms with Crippen LogP contribution in [0.2, 0.25) is 0 Å². The number of rotatable bonds is 9. The van der Waals surface area contributed by atoms with Gasteiger partial charge in [0, 0.05) is 6.08 Å². The molecule has 0 fully saturated rings. The maximum absolute atomic E-state index is 12.2. The molecule has 12 heteroatoms. The average molecular weight is 472 g/mol. The number of thioether (sulfide) groups is 1. The summed E-state index contributed by atoms with van der Waals surface area (Å²) in [6.45, 7) is 0. The van der Waals surface area contributed by atoms with E-state index in [1.165, 1.54) is 31.4 Å². The first-order valence-electron chi connectivity index (χ1n) is 9.07. The largest absolute Gasteiger partial charge is 0.496 e. The molecule has 3 aromatic rings. The molecule has 164 valence electrons. The van der Waals surface area contributed by atoms with Crippen molar-refractivity contribution in [2.75, 3.05) is 23.5 Å². The third kappa shape index (κ3) is 6.62. The second-order valence-corrected chi connectivity index (χ2v) is 8.28. The van der Waals surface area contributed by atoms with Crippen molar-refractivity contribution in [1.82, 2.24) is 10.2 Å². The average Bonchev–Trinajstić information content (AvgIpc) is 3.24. The van der Waals surface area contributed by atoms with Gasteiger partial charge in [-0.3, -0.25) is 25.0 Å². The first-order valence-corrected chi connectivity index (χ1v) is 10.9. The van der Waals surface area contributed by atoms with Gasteiger partial charge in [-0.25, -0.2) is 0 Å². The molecule has 0 saturated carbocycles. The molecule has 1 aromatic heterocycles. The van der Waals surface area contributed by atoms with Gasteiger partial charge in [0.25, 0.3) is 5.69 Å². The highest BCUT2D eigenvalue weighted by atomic mass is 32.2. The van der Waals surface area contributed by atoms with Gasteiger partial charge in [0.05, 0.1) is 23.9 Å². The Bertz CT molecular complexity index is 1150. The number of ether oxygens (including phenoxy) is 1. The van der Waals surface area contributed by atoms with Crippen LogP contribution in [0.5, 0.6) is 5.75 Å². The minimum atomic E-state index is -0.600. The van der Waals surface area contributed by atoms with E-state index in [4.69, 9.17) is 4.74 Å². The quantitative estimate of drug-likeness (QED) is 0.158. The van der Waals surface area contributed by atoms with Crippen LogP contribution in [0.15, 0.2) is 58.9 Å². The smallest absolute Gasteiger partial charge is 0.296 e. The number of nitro groups is 1. The molecule has 2 aromatic carbocycles. The van der Waals surface area contributed by atoms with E-state index in [0.717, 1.165) is 28.7 Å². The van der Waals surface area contributed by atoms with Crippen molar-refractivity contribution in [3.05, 3.63) is 70.3 Å². The molecule has 1 heterocycles. The molecular weight excluding hydrogens is 454 g/mol. The number of carbonyl (C=O) groups excluding carboxylic acids is 2. The van der Waals surface area contributed by atoms with E-state index in [9.17, 15) is 19.7 Å². The molecule has 0 saturated heterocycles. The van der Waals surface area contributed by atoms with Crippen molar-refractivity contribution >= 4 is 57.5 Å². The Kier molecular flexibility index (Phi) is 7.89. The van der Waals surface area contributed by atoms with Gasteiger partial charge in [0.15, 0.2) is 4.34 Å². The summed E-state index contributed by atoms with van der Waals surface area (Å²) in [5.41, 5.74) is 0.684. The fourth-order valence-electron chi connectivity index (χ4n) is 2.41. The van der Waals surface area contributed by atoms with Gasteiger partial charge >= 0.3 is 0 Å². The van der Waals surface area contributed by atoms with E-state index in [0.29, 0.717) is 15.2 Å². The van der Waals surface area contributed by atoms with Gasteiger partial charge in [0.1, 0.15) is 11.4 Å². The minimum absolute atomic E-state index is 0.0420. The molecule has 0 aliphatic carbocycles. The molecule has 10 nitrogen and oxygen atoms in total. The summed E-state index contributed by atoms with van der Waals surface area (Å²) >= 11 is 2.21. The maximum atomic E-state index is 12.2. The molecule has 0 aliphatic rings. The molecule has 32 heavy (non-hydrogen) atoms. The summed E-state index contributed by atoms with van der Waals surface area (Å²) in [6, 6.07) is 13.5. The predicted octanol–water partition coefficient (Wildman–Crippen LogP) is 3.84. The minimum Gasteiger partial charge on any atom is -0.496 e. The van der Waals surface area contributed by atoms with Crippen LogP contribution >= 0.6 is 23.1 Å². The van der Waals surface area contributed by atoms with E-state index in [1.807, 2.05) is 30.3 Å². The molecule has 2 amide bonds. The van der Waals surface area contributed by atoms with E-state index in [-0.39, 0.29) is 23.0 Å². The van der Waals surface area contributed by atoms with Crippen molar-refractivity contribution in [2.45, 2.75) is 4.34 Å². The first kappa shape index (κ1) is 22.9. The van der Waals surface area contributed by atoms with Crippen LogP contribution in [-0.4, -0.2) is 39.8 Å². The van der Waals surface area contributed by atoms with Crippen LogP contribution in [0.25, 0.3) is 6.08 Å². The summed E-state index contributed by atoms with van der Waals surface area (Å²) < 4.78 is 5.43. The van der Waals surface area contributed by atoms with Crippen LogP contribution in [0, 0.1) is 10.1 Å². The number of nitrogens with one attached hydrogen (secondary N) is 2. The Morgan fingerprint density at radius 1 is 1.19 bits per heavy atom. The molecule has 0 atom stereocenters. The zero-order valence-corrected chi connectivity index (χ0v) is 18.3. The third-order valence-corrected chi connectivity index (χ3v) is 5.84. The lowest BCUT2D eigenvalue weighted by atomic mass is 10.2. The molecule has 0 aliphatic heterocycles. The van der Waals surface area contributed by atoms with Gasteiger partial charge in [-0.2, -0.15) is 0 Å². The highest BCUT2D eigenvalue weighted by molar-refractivity contribution is 8.01. The Hall–Kier alpha value is -3.77. The van der Waals surface area contributed by atoms with Crippen molar-refractivity contribution in [3.63, 3.8) is 0 Å². The Morgan fingerprint density at radius 3 is 2.69 bits per heavy atom. The number of amides is 2. The normalized spacial score (nSPS) is 10.7. The molecule has 0 unspecified atom stereocenters. The summed E-state index contributed by atoms with van der Waals surface area (Å²) in [6.07, 6.45) is 3.06. The zero-order chi connectivity index (χ0) is 22.9. The lowest BCUT2D eigenvalue weighted by Gasteiger charge is -2.06. The number of nitro benzene ring substituents is 1. The molecular formula is C20H17N5O5S2. The fraction of sp³-hybridized carbons (Fsp3) is 0.100. The number of carbonyl (C=O) groups is 2. The maximum Gasteiger partial charge on any atom is 0.296 e. The summed E-state index contributed by atoms with van der Waals surface area (Å²) in [4.78, 5) is 34.8. The number of benzene rings is 2. The number of nitrogens with zero attached hydrogens (tertiary/aromatic N) is 3. The van der Waals surface area contributed by atoms with Gasteiger partial charge in [-0.1, -0.05) is 53.4 Å². The standard InChI is InChI=1S/C20H17N5O5S2/c1-30-14-8-9-15(16(11-14)25(28)29)21-18(27)12-31-20-24-23-19(32-20)22-17(26)10-7-13-5-3-2-4-6-13/h2-11H,12H2,1H3,(H,21,27)(H,22,23,26). The number of methoxy groups -OCH3 is 1. The summed E-state index contributed by atoms with van der Waals surface area (Å²) in [5.74, 6) is -0.535. The van der Waals surface area contributed by atoms with Crippen LogP contribution < -0.4 is 15.4 Å².